The first-order valence-corrected chi connectivity index (χ1v) is 2.66. The molecule has 7 heteroatoms. The molecule has 11 heavy (non-hydrogen) atoms. The third-order valence-electron chi connectivity index (χ3n) is 0.797. The van der Waals surface area contributed by atoms with Crippen LogP contribution in [0.1, 0.15) is 6.92 Å². The summed E-state index contributed by atoms with van der Waals surface area (Å²) in [5, 5.41) is 11.8. The van der Waals surface area contributed by atoms with Gasteiger partial charge in [-0.3, -0.25) is 4.79 Å². The number of rotatable bonds is 2. The number of hydrogen-bond donors (Lipinski definition) is 1. The largest absolute Gasteiger partial charge is 0.383 e. The SMILES string of the molecule is CC(=O)C(=O)Oc1nn[nH]n1. The lowest BCUT2D eigenvalue weighted by Gasteiger charge is -1.90. The van der Waals surface area contributed by atoms with Crippen molar-refractivity contribution >= 4 is 11.8 Å². The van der Waals surface area contributed by atoms with Crippen LogP contribution >= 0.6 is 0 Å². The van der Waals surface area contributed by atoms with Gasteiger partial charge in [-0.1, -0.05) is 10.2 Å². The van der Waals surface area contributed by atoms with Crippen LogP contribution < -0.4 is 4.74 Å². The lowest BCUT2D eigenvalue weighted by molar-refractivity contribution is -0.146. The Morgan fingerprint density at radius 2 is 2.27 bits per heavy atom. The van der Waals surface area contributed by atoms with E-state index < -0.39 is 11.8 Å². The molecule has 58 valence electrons. The molecular formula is C4H4N4O3. The van der Waals surface area contributed by atoms with E-state index in [1.807, 2.05) is 0 Å². The molecule has 0 bridgehead atoms. The molecule has 7 nitrogen and oxygen atoms in total. The van der Waals surface area contributed by atoms with Gasteiger partial charge in [0.15, 0.2) is 0 Å². The minimum atomic E-state index is -1.01. The number of Topliss-reactive ketones (excluding diaryl/α,β-unsaturated/α-hetero) is 1. The fourth-order valence-corrected chi connectivity index (χ4v) is 0.351. The minimum absolute atomic E-state index is 0.259. The van der Waals surface area contributed by atoms with Crippen molar-refractivity contribution in [2.75, 3.05) is 0 Å². The van der Waals surface area contributed by atoms with Crippen LogP contribution in [-0.2, 0) is 9.59 Å². The van der Waals surface area contributed by atoms with Gasteiger partial charge in [-0.2, -0.15) is 5.21 Å². The minimum Gasteiger partial charge on any atom is -0.383 e. The number of nitrogens with one attached hydrogen (secondary N) is 1. The Morgan fingerprint density at radius 3 is 2.73 bits per heavy atom. The van der Waals surface area contributed by atoms with Gasteiger partial charge in [0.05, 0.1) is 0 Å². The number of H-pyrrole nitrogens is 1. The predicted octanol–water partition coefficient (Wildman–Crippen LogP) is -1.31. The average molecular weight is 156 g/mol. The van der Waals surface area contributed by atoms with E-state index in [2.05, 4.69) is 25.4 Å². The van der Waals surface area contributed by atoms with Gasteiger partial charge in [-0.15, -0.1) is 0 Å². The Morgan fingerprint density at radius 1 is 1.55 bits per heavy atom. The first-order chi connectivity index (χ1) is 5.20. The van der Waals surface area contributed by atoms with Gasteiger partial charge in [0.1, 0.15) is 0 Å². The van der Waals surface area contributed by atoms with Crippen LogP contribution in [0, 0.1) is 0 Å². The van der Waals surface area contributed by atoms with E-state index in [1.54, 1.807) is 0 Å². The molecule has 0 unspecified atom stereocenters. The number of aromatic nitrogens is 4. The quantitative estimate of drug-likeness (QED) is 0.422. The Balaban J connectivity index is 2.57. The van der Waals surface area contributed by atoms with Gasteiger partial charge in [0.2, 0.25) is 5.78 Å². The number of esters is 1. The van der Waals surface area contributed by atoms with E-state index in [4.69, 9.17) is 0 Å². The van der Waals surface area contributed by atoms with Gasteiger partial charge in [-0.25, -0.2) is 4.79 Å². The maximum Gasteiger partial charge on any atom is 0.382 e. The summed E-state index contributed by atoms with van der Waals surface area (Å²) >= 11 is 0. The van der Waals surface area contributed by atoms with Crippen LogP contribution in [0.5, 0.6) is 6.01 Å². The summed E-state index contributed by atoms with van der Waals surface area (Å²) in [4.78, 5) is 20.8. The third kappa shape index (κ3) is 1.81. The zero-order chi connectivity index (χ0) is 8.27. The summed E-state index contributed by atoms with van der Waals surface area (Å²) < 4.78 is 4.31. The molecule has 1 aromatic heterocycles. The number of aromatic amines is 1. The highest BCUT2D eigenvalue weighted by Gasteiger charge is 2.12. The molecule has 1 rings (SSSR count). The molecule has 0 aliphatic carbocycles. The average Bonchev–Trinajstić information content (AvgIpc) is 2.39. The summed E-state index contributed by atoms with van der Waals surface area (Å²) in [5.41, 5.74) is 0. The Hall–Kier alpha value is -1.79. The molecule has 1 aromatic rings. The van der Waals surface area contributed by atoms with Gasteiger partial charge in [-0.05, 0) is 5.21 Å². The second-order valence-electron chi connectivity index (χ2n) is 1.64. The molecule has 0 saturated heterocycles. The smallest absolute Gasteiger partial charge is 0.382 e. The number of carbonyl (C=O) groups excluding carboxylic acids is 2. The summed E-state index contributed by atoms with van der Waals surface area (Å²) in [6.45, 7) is 1.09. The standard InChI is InChI=1S/C4H4N4O3/c1-2(9)3(10)11-4-5-7-8-6-4/h1H3,(H,5,6,7,8). The van der Waals surface area contributed by atoms with E-state index in [0.29, 0.717) is 0 Å². The monoisotopic (exact) mass is 156 g/mol. The first-order valence-electron chi connectivity index (χ1n) is 2.66. The van der Waals surface area contributed by atoms with E-state index in [-0.39, 0.29) is 6.01 Å². The third-order valence-corrected chi connectivity index (χ3v) is 0.797. The molecule has 0 fully saturated rings. The van der Waals surface area contributed by atoms with E-state index in [1.165, 1.54) is 0 Å². The molecule has 0 saturated carbocycles. The molecule has 0 atom stereocenters. The highest BCUT2D eigenvalue weighted by Crippen LogP contribution is 1.94. The van der Waals surface area contributed by atoms with Crippen LogP contribution in [0.3, 0.4) is 0 Å². The number of nitrogens with zero attached hydrogens (tertiary/aromatic N) is 3. The van der Waals surface area contributed by atoms with Crippen molar-refractivity contribution in [2.24, 2.45) is 0 Å². The van der Waals surface area contributed by atoms with E-state index >= 15 is 0 Å². The van der Waals surface area contributed by atoms with Crippen molar-refractivity contribution in [1.82, 2.24) is 20.6 Å². The van der Waals surface area contributed by atoms with Crippen molar-refractivity contribution in [2.45, 2.75) is 6.92 Å². The van der Waals surface area contributed by atoms with Gasteiger partial charge in [0, 0.05) is 6.92 Å². The fraction of sp³-hybridized carbons (Fsp3) is 0.250. The van der Waals surface area contributed by atoms with Crippen molar-refractivity contribution in [3.63, 3.8) is 0 Å². The summed E-state index contributed by atoms with van der Waals surface area (Å²) in [5.74, 6) is -1.72. The normalized spacial score (nSPS) is 9.18. The van der Waals surface area contributed by atoms with Crippen LogP contribution in [0.25, 0.3) is 0 Å². The van der Waals surface area contributed by atoms with Crippen LogP contribution in [-0.4, -0.2) is 32.4 Å². The Labute approximate surface area is 60.7 Å². The number of ketones is 1. The van der Waals surface area contributed by atoms with Crippen molar-refractivity contribution in [3.05, 3.63) is 0 Å². The topological polar surface area (TPSA) is 97.8 Å². The zero-order valence-electron chi connectivity index (χ0n) is 5.57. The number of tetrazole rings is 1. The first kappa shape index (κ1) is 7.32. The number of hydrogen-bond acceptors (Lipinski definition) is 6. The van der Waals surface area contributed by atoms with Crippen molar-refractivity contribution < 1.29 is 14.3 Å². The van der Waals surface area contributed by atoms with E-state index in [0.717, 1.165) is 6.92 Å². The molecule has 0 aromatic carbocycles. The molecule has 0 radical (unpaired) electrons. The Bertz CT molecular complexity index is 267. The van der Waals surface area contributed by atoms with Crippen LogP contribution in [0.4, 0.5) is 0 Å². The lowest BCUT2D eigenvalue weighted by Crippen LogP contribution is -2.17. The van der Waals surface area contributed by atoms with Crippen molar-refractivity contribution in [1.29, 1.82) is 0 Å². The van der Waals surface area contributed by atoms with Gasteiger partial charge in [0.25, 0.3) is 0 Å². The van der Waals surface area contributed by atoms with Crippen molar-refractivity contribution in [3.8, 4) is 6.01 Å². The summed E-state index contributed by atoms with van der Waals surface area (Å²) in [6.07, 6.45) is 0. The Kier molecular flexibility index (Phi) is 1.90. The second-order valence-corrected chi connectivity index (χ2v) is 1.64. The number of carbonyl (C=O) groups is 2. The lowest BCUT2D eigenvalue weighted by atomic mass is 10.5. The number of ether oxygens (including phenoxy) is 1. The van der Waals surface area contributed by atoms with Gasteiger partial charge >= 0.3 is 12.0 Å². The zero-order valence-corrected chi connectivity index (χ0v) is 5.57. The molecule has 0 aliphatic rings. The maximum atomic E-state index is 10.5. The fourth-order valence-electron chi connectivity index (χ4n) is 0.351. The predicted molar refractivity (Wildman–Crippen MR) is 30.5 cm³/mol. The summed E-state index contributed by atoms with van der Waals surface area (Å²) in [6, 6.07) is -0.259. The molecule has 0 amide bonds. The highest BCUT2D eigenvalue weighted by molar-refractivity contribution is 6.33. The summed E-state index contributed by atoms with van der Waals surface area (Å²) in [7, 11) is 0. The molecule has 1 N–H and O–H groups in total. The molecule has 0 aliphatic heterocycles. The van der Waals surface area contributed by atoms with E-state index in [9.17, 15) is 9.59 Å². The highest BCUT2D eigenvalue weighted by atomic mass is 16.6. The van der Waals surface area contributed by atoms with Crippen LogP contribution in [0.2, 0.25) is 0 Å². The van der Waals surface area contributed by atoms with Crippen LogP contribution in [0.15, 0.2) is 0 Å². The second kappa shape index (κ2) is 2.86. The maximum absolute atomic E-state index is 10.5. The van der Waals surface area contributed by atoms with Gasteiger partial charge < -0.3 is 4.74 Å². The molecular weight excluding hydrogens is 152 g/mol. The molecule has 0 spiro atoms. The molecule has 1 heterocycles.